The van der Waals surface area contributed by atoms with Crippen molar-refractivity contribution < 1.29 is 35.5 Å². The Labute approximate surface area is 192 Å². The van der Waals surface area contributed by atoms with E-state index in [0.717, 1.165) is 23.3 Å². The number of amides is 1. The van der Waals surface area contributed by atoms with Gasteiger partial charge in [0.25, 0.3) is 0 Å². The fourth-order valence-electron chi connectivity index (χ4n) is 3.50. The smallest absolute Gasteiger partial charge is 0.333 e. The zero-order valence-corrected chi connectivity index (χ0v) is 17.6. The number of aromatic nitrogens is 5. The van der Waals surface area contributed by atoms with E-state index in [4.69, 9.17) is 0 Å². The summed E-state index contributed by atoms with van der Waals surface area (Å²) in [7, 11) is 0. The molecule has 35 heavy (non-hydrogen) atoms. The molecule has 1 aliphatic rings. The predicted molar refractivity (Wildman–Crippen MR) is 107 cm³/mol. The highest BCUT2D eigenvalue weighted by molar-refractivity contribution is 5.91. The molecule has 1 saturated heterocycles. The Morgan fingerprint density at radius 1 is 1.00 bits per heavy atom. The molecule has 0 N–H and O–H groups in total. The van der Waals surface area contributed by atoms with Crippen molar-refractivity contribution in [3.05, 3.63) is 66.0 Å². The van der Waals surface area contributed by atoms with E-state index in [0.29, 0.717) is 17.7 Å². The van der Waals surface area contributed by atoms with Gasteiger partial charge in [-0.25, -0.2) is 24.0 Å². The molecule has 0 radical (unpaired) electrons. The Morgan fingerprint density at radius 3 is 2.17 bits per heavy atom. The minimum atomic E-state index is -5.01. The van der Waals surface area contributed by atoms with Crippen molar-refractivity contribution in [2.45, 2.75) is 24.4 Å². The quantitative estimate of drug-likeness (QED) is 0.391. The highest BCUT2D eigenvalue weighted by Gasteiger charge is 2.45. The summed E-state index contributed by atoms with van der Waals surface area (Å²) in [6.45, 7) is -0.337. The van der Waals surface area contributed by atoms with Crippen LogP contribution in [0.5, 0.6) is 0 Å². The molecule has 184 valence electrons. The van der Waals surface area contributed by atoms with Gasteiger partial charge in [0.05, 0.1) is 24.2 Å². The van der Waals surface area contributed by atoms with Gasteiger partial charge in [-0.15, -0.1) is 5.10 Å². The molecule has 14 heteroatoms. The fourth-order valence-corrected chi connectivity index (χ4v) is 3.50. The van der Waals surface area contributed by atoms with Crippen LogP contribution in [0.2, 0.25) is 0 Å². The third kappa shape index (κ3) is 5.63. The Morgan fingerprint density at radius 2 is 1.60 bits per heavy atom. The summed E-state index contributed by atoms with van der Waals surface area (Å²) in [5, 5.41) is 3.81. The van der Waals surface area contributed by atoms with E-state index in [1.54, 1.807) is 0 Å². The Kier molecular flexibility index (Phi) is 6.07. The summed E-state index contributed by atoms with van der Waals surface area (Å²) < 4.78 is 94.0. The van der Waals surface area contributed by atoms with Crippen molar-refractivity contribution in [3.8, 4) is 11.4 Å². The molecule has 2 aromatic heterocycles. The van der Waals surface area contributed by atoms with Crippen LogP contribution in [-0.4, -0.2) is 54.3 Å². The fraction of sp³-hybridized carbons (Fsp3) is 0.286. The van der Waals surface area contributed by atoms with Gasteiger partial charge in [0, 0.05) is 36.7 Å². The third-order valence-electron chi connectivity index (χ3n) is 5.12. The second-order valence-corrected chi connectivity index (χ2v) is 7.93. The minimum Gasteiger partial charge on any atom is -0.333 e. The molecule has 1 aliphatic heterocycles. The largest absolute Gasteiger partial charge is 0.416 e. The summed E-state index contributed by atoms with van der Waals surface area (Å²) in [6, 6.07) is 1.01. The molecule has 0 saturated carbocycles. The number of alkyl halides is 7. The first-order valence-corrected chi connectivity index (χ1v) is 9.93. The number of halogens is 7. The number of likely N-dealkylation sites (tertiary alicyclic amines) is 1. The molecule has 0 unspecified atom stereocenters. The number of nitrogens with zero attached hydrogens (tertiary/aromatic N) is 6. The highest BCUT2D eigenvalue weighted by Crippen LogP contribution is 2.38. The normalized spacial score (nSPS) is 15.9. The van der Waals surface area contributed by atoms with Crippen LogP contribution in [0.1, 0.15) is 16.7 Å². The Hall–Kier alpha value is -3.84. The number of hydrogen-bond donors (Lipinski definition) is 0. The first kappa shape index (κ1) is 24.3. The van der Waals surface area contributed by atoms with Gasteiger partial charge in [0.1, 0.15) is 18.3 Å². The van der Waals surface area contributed by atoms with Crippen LogP contribution in [0, 0.1) is 0 Å². The number of rotatable bonds is 5. The van der Waals surface area contributed by atoms with Crippen LogP contribution >= 0.6 is 0 Å². The van der Waals surface area contributed by atoms with Crippen molar-refractivity contribution in [3.63, 3.8) is 0 Å². The van der Waals surface area contributed by atoms with Gasteiger partial charge in [-0.05, 0) is 23.8 Å². The molecule has 0 aliphatic carbocycles. The SMILES string of the molecule is O=C(/C=C\n1cnc(-c2cc(C(F)(F)F)cc(C(F)(F)F)c2)n1)N1CC(F)(Cc2cncnc2)C1. The maximum Gasteiger partial charge on any atom is 0.416 e. The number of hydrogen-bond acceptors (Lipinski definition) is 5. The molecule has 0 bridgehead atoms. The summed E-state index contributed by atoms with van der Waals surface area (Å²) in [5.41, 5.74) is -4.55. The van der Waals surface area contributed by atoms with Crippen LogP contribution in [0.4, 0.5) is 30.7 Å². The van der Waals surface area contributed by atoms with Crippen LogP contribution in [0.15, 0.2) is 49.3 Å². The average Bonchev–Trinajstić information content (AvgIpc) is 3.24. The lowest BCUT2D eigenvalue weighted by Gasteiger charge is -2.44. The molecule has 1 amide bonds. The number of benzene rings is 1. The molecular weight excluding hydrogens is 485 g/mol. The van der Waals surface area contributed by atoms with Gasteiger partial charge in [-0.1, -0.05) is 0 Å². The minimum absolute atomic E-state index is 0.00184. The molecule has 1 aromatic carbocycles. The Bertz CT molecular complexity index is 1210. The van der Waals surface area contributed by atoms with E-state index in [1.807, 2.05) is 0 Å². The van der Waals surface area contributed by atoms with Crippen molar-refractivity contribution >= 4 is 12.1 Å². The van der Waals surface area contributed by atoms with E-state index >= 15 is 0 Å². The first-order valence-electron chi connectivity index (χ1n) is 9.93. The predicted octanol–water partition coefficient (Wildman–Crippen LogP) is 4.04. The van der Waals surface area contributed by atoms with E-state index in [-0.39, 0.29) is 25.6 Å². The van der Waals surface area contributed by atoms with E-state index in [1.165, 1.54) is 23.6 Å². The van der Waals surface area contributed by atoms with Crippen molar-refractivity contribution in [1.29, 1.82) is 0 Å². The van der Waals surface area contributed by atoms with Crippen LogP contribution in [-0.2, 0) is 23.6 Å². The topological polar surface area (TPSA) is 76.8 Å². The highest BCUT2D eigenvalue weighted by atomic mass is 19.4. The standard InChI is InChI=1S/C21H15F7N6O/c22-19(6-13-7-29-11-30-8-13)9-33(10-19)17(35)1-2-34-12-31-18(32-34)14-3-15(20(23,24)25)5-16(4-14)21(26,27)28/h1-5,7-8,11-12H,6,9-10H2/b2-1-. The number of carbonyl (C=O) groups excluding carboxylic acids is 1. The lowest BCUT2D eigenvalue weighted by atomic mass is 9.89. The maximum atomic E-state index is 14.7. The second-order valence-electron chi connectivity index (χ2n) is 7.93. The van der Waals surface area contributed by atoms with Gasteiger partial charge in [0.15, 0.2) is 5.82 Å². The summed E-state index contributed by atoms with van der Waals surface area (Å²) in [5.74, 6) is -0.964. The molecule has 3 aromatic rings. The van der Waals surface area contributed by atoms with Crippen molar-refractivity contribution in [2.75, 3.05) is 13.1 Å². The van der Waals surface area contributed by atoms with Gasteiger partial charge in [0.2, 0.25) is 5.91 Å². The zero-order chi connectivity index (χ0) is 25.4. The molecule has 4 rings (SSSR count). The van der Waals surface area contributed by atoms with Crippen LogP contribution in [0.25, 0.3) is 17.6 Å². The van der Waals surface area contributed by atoms with E-state index in [9.17, 15) is 35.5 Å². The maximum absolute atomic E-state index is 14.7. The van der Waals surface area contributed by atoms with E-state index < -0.39 is 46.4 Å². The first-order chi connectivity index (χ1) is 16.3. The van der Waals surface area contributed by atoms with Crippen LogP contribution in [0.3, 0.4) is 0 Å². The summed E-state index contributed by atoms with van der Waals surface area (Å²) in [4.78, 5) is 24.8. The van der Waals surface area contributed by atoms with Crippen molar-refractivity contribution in [1.82, 2.24) is 29.6 Å². The average molecular weight is 500 g/mol. The van der Waals surface area contributed by atoms with Gasteiger partial charge >= 0.3 is 12.4 Å². The molecule has 7 nitrogen and oxygen atoms in total. The summed E-state index contributed by atoms with van der Waals surface area (Å²) in [6.07, 6.45) is -2.57. The van der Waals surface area contributed by atoms with Gasteiger partial charge < -0.3 is 4.90 Å². The Balaban J connectivity index is 1.44. The van der Waals surface area contributed by atoms with Crippen molar-refractivity contribution in [2.24, 2.45) is 0 Å². The second kappa shape index (κ2) is 8.74. The molecule has 3 heterocycles. The molecule has 0 atom stereocenters. The summed E-state index contributed by atoms with van der Waals surface area (Å²) >= 11 is 0. The number of carbonyl (C=O) groups is 1. The lowest BCUT2D eigenvalue weighted by molar-refractivity contribution is -0.143. The third-order valence-corrected chi connectivity index (χ3v) is 5.12. The molecule has 1 fully saturated rings. The van der Waals surface area contributed by atoms with Gasteiger partial charge in [-0.2, -0.15) is 26.3 Å². The zero-order valence-electron chi connectivity index (χ0n) is 17.6. The van der Waals surface area contributed by atoms with E-state index in [2.05, 4.69) is 20.1 Å². The monoisotopic (exact) mass is 500 g/mol. The lowest BCUT2D eigenvalue weighted by Crippen LogP contribution is -2.61. The molecular formula is C21H15F7N6O. The van der Waals surface area contributed by atoms with Gasteiger partial charge in [-0.3, -0.25) is 4.79 Å². The molecule has 0 spiro atoms. The van der Waals surface area contributed by atoms with Crippen LogP contribution < -0.4 is 0 Å².